The van der Waals surface area contributed by atoms with Crippen molar-refractivity contribution in [1.29, 1.82) is 0 Å². The van der Waals surface area contributed by atoms with Gasteiger partial charge in [-0.05, 0) is 37.2 Å². The summed E-state index contributed by atoms with van der Waals surface area (Å²) in [6.07, 6.45) is 6.98. The molecule has 1 aromatic rings. The van der Waals surface area contributed by atoms with E-state index in [-0.39, 0.29) is 0 Å². The third-order valence-electron chi connectivity index (χ3n) is 4.71. The van der Waals surface area contributed by atoms with Crippen molar-refractivity contribution >= 4 is 0 Å². The highest BCUT2D eigenvalue weighted by Crippen LogP contribution is 2.40. The monoisotopic (exact) mass is 236 g/mol. The molecule has 0 aromatic carbocycles. The van der Waals surface area contributed by atoms with Gasteiger partial charge < -0.3 is 5.11 Å². The number of nitrogens with zero attached hydrogens (tertiary/aromatic N) is 2. The first kappa shape index (κ1) is 12.6. The molecule has 2 rings (SSSR count). The van der Waals surface area contributed by atoms with Crippen LogP contribution < -0.4 is 0 Å². The van der Waals surface area contributed by atoms with Gasteiger partial charge in [0.25, 0.3) is 0 Å². The lowest BCUT2D eigenvalue weighted by molar-refractivity contribution is -0.0687. The topological polar surface area (TPSA) is 38.1 Å². The number of hydrogen-bond donors (Lipinski definition) is 1. The molecule has 0 aliphatic heterocycles. The molecular formula is C14H24N2O. The third kappa shape index (κ3) is 2.54. The summed E-state index contributed by atoms with van der Waals surface area (Å²) < 4.78 is 1.90. The molecule has 3 atom stereocenters. The quantitative estimate of drug-likeness (QED) is 0.875. The normalized spacial score (nSPS) is 33.9. The lowest BCUT2D eigenvalue weighted by Gasteiger charge is -2.42. The molecule has 3 unspecified atom stereocenters. The molecule has 1 aromatic heterocycles. The van der Waals surface area contributed by atoms with Crippen molar-refractivity contribution in [2.24, 2.45) is 18.9 Å². The fourth-order valence-corrected chi connectivity index (χ4v) is 3.08. The van der Waals surface area contributed by atoms with E-state index in [1.807, 2.05) is 24.0 Å². The zero-order chi connectivity index (χ0) is 12.5. The molecule has 0 saturated heterocycles. The third-order valence-corrected chi connectivity index (χ3v) is 4.71. The molecule has 1 aliphatic carbocycles. The zero-order valence-electron chi connectivity index (χ0n) is 11.2. The Bertz CT molecular complexity index is 374. The maximum absolute atomic E-state index is 10.8. The van der Waals surface area contributed by atoms with E-state index in [9.17, 15) is 5.11 Å². The SMILES string of the molecule is CC1CCCC(O)(CCc2ccnn2C)C1C. The van der Waals surface area contributed by atoms with Crippen LogP contribution >= 0.6 is 0 Å². The largest absolute Gasteiger partial charge is 0.390 e. The van der Waals surface area contributed by atoms with Gasteiger partial charge in [-0.3, -0.25) is 4.68 Å². The highest BCUT2D eigenvalue weighted by atomic mass is 16.3. The molecule has 1 aliphatic rings. The Morgan fingerprint density at radius 2 is 2.29 bits per heavy atom. The minimum atomic E-state index is -0.470. The molecule has 3 nitrogen and oxygen atoms in total. The highest BCUT2D eigenvalue weighted by molar-refractivity contribution is 5.02. The first-order chi connectivity index (χ1) is 8.03. The van der Waals surface area contributed by atoms with Crippen LogP contribution in [0.1, 0.15) is 45.2 Å². The number of aromatic nitrogens is 2. The smallest absolute Gasteiger partial charge is 0.0679 e. The molecule has 17 heavy (non-hydrogen) atoms. The standard InChI is InChI=1S/C14H24N2O/c1-11-5-4-8-14(17,12(11)2)9-6-13-7-10-15-16(13)3/h7,10-12,17H,4-6,8-9H2,1-3H3. The van der Waals surface area contributed by atoms with Crippen LogP contribution in [0.3, 0.4) is 0 Å². The first-order valence-corrected chi connectivity index (χ1v) is 6.72. The number of rotatable bonds is 3. The molecule has 1 heterocycles. The number of aliphatic hydroxyl groups is 1. The summed E-state index contributed by atoms with van der Waals surface area (Å²) in [5.41, 5.74) is 0.742. The zero-order valence-corrected chi connectivity index (χ0v) is 11.2. The second-order valence-corrected chi connectivity index (χ2v) is 5.71. The van der Waals surface area contributed by atoms with Gasteiger partial charge in [0.15, 0.2) is 0 Å². The Balaban J connectivity index is 1.99. The Morgan fingerprint density at radius 3 is 2.94 bits per heavy atom. The molecule has 0 radical (unpaired) electrons. The Labute approximate surface area is 104 Å². The molecule has 96 valence electrons. The Hall–Kier alpha value is -0.830. The minimum absolute atomic E-state index is 0.407. The average Bonchev–Trinajstić information content (AvgIpc) is 2.69. The van der Waals surface area contributed by atoms with E-state index in [1.165, 1.54) is 12.1 Å². The fraction of sp³-hybridized carbons (Fsp3) is 0.786. The second kappa shape index (κ2) is 4.81. The number of aryl methyl sites for hydroxylation is 2. The van der Waals surface area contributed by atoms with Crippen LogP contribution in [-0.4, -0.2) is 20.5 Å². The van der Waals surface area contributed by atoms with Gasteiger partial charge in [-0.1, -0.05) is 26.7 Å². The van der Waals surface area contributed by atoms with Crippen LogP contribution in [0.4, 0.5) is 0 Å². The van der Waals surface area contributed by atoms with E-state index in [1.54, 1.807) is 0 Å². The van der Waals surface area contributed by atoms with E-state index in [0.29, 0.717) is 11.8 Å². The van der Waals surface area contributed by atoms with Gasteiger partial charge in [0, 0.05) is 18.9 Å². The van der Waals surface area contributed by atoms with Crippen LogP contribution in [0.15, 0.2) is 12.3 Å². The van der Waals surface area contributed by atoms with Crippen molar-refractivity contribution in [3.63, 3.8) is 0 Å². The Kier molecular flexibility index (Phi) is 3.57. The van der Waals surface area contributed by atoms with Crippen molar-refractivity contribution in [1.82, 2.24) is 9.78 Å². The fourth-order valence-electron chi connectivity index (χ4n) is 3.08. The molecular weight excluding hydrogens is 212 g/mol. The summed E-state index contributed by atoms with van der Waals surface area (Å²) in [5.74, 6) is 1.05. The second-order valence-electron chi connectivity index (χ2n) is 5.71. The van der Waals surface area contributed by atoms with E-state index in [4.69, 9.17) is 0 Å². The van der Waals surface area contributed by atoms with Crippen LogP contribution in [0.5, 0.6) is 0 Å². The van der Waals surface area contributed by atoms with Gasteiger partial charge in [-0.25, -0.2) is 0 Å². The molecule has 0 spiro atoms. The van der Waals surface area contributed by atoms with E-state index < -0.39 is 5.60 Å². The maximum Gasteiger partial charge on any atom is 0.0679 e. The summed E-state index contributed by atoms with van der Waals surface area (Å²) in [6, 6.07) is 2.04. The maximum atomic E-state index is 10.8. The number of hydrogen-bond acceptors (Lipinski definition) is 2. The summed E-state index contributed by atoms with van der Waals surface area (Å²) in [7, 11) is 1.96. The minimum Gasteiger partial charge on any atom is -0.390 e. The summed E-state index contributed by atoms with van der Waals surface area (Å²) in [6.45, 7) is 4.46. The lowest BCUT2D eigenvalue weighted by Crippen LogP contribution is -2.43. The molecule has 1 fully saturated rings. The van der Waals surface area contributed by atoms with Gasteiger partial charge in [0.1, 0.15) is 0 Å². The molecule has 3 heteroatoms. The van der Waals surface area contributed by atoms with Crippen molar-refractivity contribution in [2.45, 2.75) is 51.6 Å². The van der Waals surface area contributed by atoms with Crippen molar-refractivity contribution in [2.75, 3.05) is 0 Å². The predicted molar refractivity (Wildman–Crippen MR) is 68.7 cm³/mol. The van der Waals surface area contributed by atoms with Crippen molar-refractivity contribution < 1.29 is 5.11 Å². The van der Waals surface area contributed by atoms with Gasteiger partial charge >= 0.3 is 0 Å². The molecule has 0 amide bonds. The molecule has 1 saturated carbocycles. The van der Waals surface area contributed by atoms with E-state index >= 15 is 0 Å². The van der Waals surface area contributed by atoms with Gasteiger partial charge in [0.05, 0.1) is 5.60 Å². The summed E-state index contributed by atoms with van der Waals surface area (Å²) in [5, 5.41) is 14.9. The van der Waals surface area contributed by atoms with Crippen molar-refractivity contribution in [3.05, 3.63) is 18.0 Å². The molecule has 1 N–H and O–H groups in total. The van der Waals surface area contributed by atoms with Gasteiger partial charge in [0.2, 0.25) is 0 Å². The highest BCUT2D eigenvalue weighted by Gasteiger charge is 2.39. The van der Waals surface area contributed by atoms with E-state index in [2.05, 4.69) is 18.9 Å². The van der Waals surface area contributed by atoms with Crippen molar-refractivity contribution in [3.8, 4) is 0 Å². The lowest BCUT2D eigenvalue weighted by atomic mass is 9.68. The summed E-state index contributed by atoms with van der Waals surface area (Å²) >= 11 is 0. The van der Waals surface area contributed by atoms with Gasteiger partial charge in [-0.15, -0.1) is 0 Å². The molecule has 0 bridgehead atoms. The van der Waals surface area contributed by atoms with E-state index in [0.717, 1.165) is 25.7 Å². The first-order valence-electron chi connectivity index (χ1n) is 6.72. The summed E-state index contributed by atoms with van der Waals surface area (Å²) in [4.78, 5) is 0. The van der Waals surface area contributed by atoms with Crippen LogP contribution in [-0.2, 0) is 13.5 Å². The van der Waals surface area contributed by atoms with Gasteiger partial charge in [-0.2, -0.15) is 5.10 Å². The van der Waals surface area contributed by atoms with Crippen LogP contribution in [0, 0.1) is 11.8 Å². The average molecular weight is 236 g/mol. The predicted octanol–water partition coefficient (Wildman–Crippen LogP) is 2.54. The van der Waals surface area contributed by atoms with Crippen LogP contribution in [0.2, 0.25) is 0 Å². The Morgan fingerprint density at radius 1 is 1.53 bits per heavy atom. The van der Waals surface area contributed by atoms with Crippen LogP contribution in [0.25, 0.3) is 0 Å².